The molecule has 32 heavy (non-hydrogen) atoms. The van der Waals surface area contributed by atoms with E-state index in [9.17, 15) is 0 Å². The van der Waals surface area contributed by atoms with E-state index in [0.717, 1.165) is 82.9 Å². The molecule has 2 unspecified atom stereocenters. The van der Waals surface area contributed by atoms with Gasteiger partial charge >= 0.3 is 0 Å². The molecule has 0 spiro atoms. The molecule has 0 saturated carbocycles. The number of morpholine rings is 2. The fourth-order valence-corrected chi connectivity index (χ4v) is 4.30. The highest BCUT2D eigenvalue weighted by Crippen LogP contribution is 2.16. The van der Waals surface area contributed by atoms with Gasteiger partial charge in [0.05, 0.1) is 32.5 Å². The molecule has 3 heterocycles. The number of hydrogen-bond acceptors (Lipinski definition) is 6. The van der Waals surface area contributed by atoms with Crippen LogP contribution in [0.3, 0.4) is 0 Å². The van der Waals surface area contributed by atoms with Gasteiger partial charge in [-0.3, -0.25) is 4.90 Å². The smallest absolute Gasteiger partial charge is 0.191 e. The van der Waals surface area contributed by atoms with Gasteiger partial charge in [-0.1, -0.05) is 19.9 Å². The first-order valence-corrected chi connectivity index (χ1v) is 12.2. The summed E-state index contributed by atoms with van der Waals surface area (Å²) in [7, 11) is 0. The molecule has 2 N–H and O–H groups in total. The van der Waals surface area contributed by atoms with Gasteiger partial charge in [0.15, 0.2) is 5.96 Å². The molecule has 2 aliphatic heterocycles. The van der Waals surface area contributed by atoms with E-state index in [4.69, 9.17) is 14.5 Å². The molecule has 2 aliphatic rings. The zero-order valence-electron chi connectivity index (χ0n) is 20.3. The van der Waals surface area contributed by atoms with E-state index < -0.39 is 0 Å². The van der Waals surface area contributed by atoms with Crippen molar-refractivity contribution in [3.63, 3.8) is 0 Å². The van der Waals surface area contributed by atoms with Crippen LogP contribution in [-0.2, 0) is 16.0 Å². The fraction of sp³-hybridized carbons (Fsp3) is 0.750. The quantitative estimate of drug-likeness (QED) is 0.445. The zero-order chi connectivity index (χ0) is 22.8. The molecule has 3 rings (SSSR count). The Morgan fingerprint density at radius 1 is 1.19 bits per heavy atom. The first kappa shape index (κ1) is 24.7. The van der Waals surface area contributed by atoms with Gasteiger partial charge < -0.3 is 25.0 Å². The predicted octanol–water partition coefficient (Wildman–Crippen LogP) is 2.11. The lowest BCUT2D eigenvalue weighted by Crippen LogP contribution is -2.51. The summed E-state index contributed by atoms with van der Waals surface area (Å²) in [4.78, 5) is 14.3. The minimum Gasteiger partial charge on any atom is -0.379 e. The maximum atomic E-state index is 5.63. The van der Waals surface area contributed by atoms with Crippen molar-refractivity contribution < 1.29 is 9.47 Å². The van der Waals surface area contributed by atoms with Gasteiger partial charge in [0.2, 0.25) is 0 Å². The maximum absolute atomic E-state index is 5.63. The van der Waals surface area contributed by atoms with Crippen molar-refractivity contribution in [3.8, 4) is 0 Å². The molecule has 0 bridgehead atoms. The van der Waals surface area contributed by atoms with Crippen molar-refractivity contribution in [2.24, 2.45) is 10.9 Å². The van der Waals surface area contributed by atoms with Gasteiger partial charge in [0.1, 0.15) is 5.82 Å². The standard InChI is InChI=1S/C24H42N6O2/c1-5-25-24(28-17-22(14-19(2)3)29-8-11-31-12-9-29)27-16-21-6-7-23(26-15-21)30-10-13-32-20(4)18-30/h6-7,15,19-20,22H,5,8-14,16-18H2,1-4H3,(H2,25,27,28). The summed E-state index contributed by atoms with van der Waals surface area (Å²) in [5, 5.41) is 6.96. The third-order valence-corrected chi connectivity index (χ3v) is 5.95. The Labute approximate surface area is 193 Å². The number of aliphatic imine (C=N–C) groups is 1. The number of guanidine groups is 1. The molecular formula is C24H42N6O2. The number of hydrogen-bond donors (Lipinski definition) is 2. The Bertz CT molecular complexity index is 690. The topological polar surface area (TPSA) is 74.2 Å². The van der Waals surface area contributed by atoms with E-state index in [2.05, 4.69) is 65.2 Å². The summed E-state index contributed by atoms with van der Waals surface area (Å²) in [6, 6.07) is 4.71. The Morgan fingerprint density at radius 3 is 2.66 bits per heavy atom. The summed E-state index contributed by atoms with van der Waals surface area (Å²) in [5.41, 5.74) is 1.11. The van der Waals surface area contributed by atoms with Gasteiger partial charge in [0, 0.05) is 51.5 Å². The van der Waals surface area contributed by atoms with Crippen LogP contribution in [0.25, 0.3) is 0 Å². The number of nitrogens with one attached hydrogen (secondary N) is 2. The van der Waals surface area contributed by atoms with Gasteiger partial charge in [-0.25, -0.2) is 9.98 Å². The normalized spacial score (nSPS) is 21.6. The molecule has 1 aromatic heterocycles. The third-order valence-electron chi connectivity index (χ3n) is 5.95. The van der Waals surface area contributed by atoms with Crippen LogP contribution in [0.2, 0.25) is 0 Å². The Kier molecular flexibility index (Phi) is 10.0. The van der Waals surface area contributed by atoms with E-state index in [1.165, 1.54) is 0 Å². The number of pyridine rings is 1. The van der Waals surface area contributed by atoms with Crippen molar-refractivity contribution in [3.05, 3.63) is 23.9 Å². The minimum atomic E-state index is 0.251. The average Bonchev–Trinajstić information content (AvgIpc) is 2.80. The number of rotatable bonds is 9. The Balaban J connectivity index is 1.56. The summed E-state index contributed by atoms with van der Waals surface area (Å²) in [5.74, 6) is 2.53. The molecule has 8 heteroatoms. The molecule has 0 radical (unpaired) electrons. The molecule has 0 aromatic carbocycles. The van der Waals surface area contributed by atoms with Crippen LogP contribution in [0.15, 0.2) is 23.3 Å². The van der Waals surface area contributed by atoms with E-state index in [1.807, 2.05) is 6.20 Å². The number of nitrogens with zero attached hydrogens (tertiary/aromatic N) is 4. The summed E-state index contributed by atoms with van der Waals surface area (Å²) < 4.78 is 11.2. The average molecular weight is 447 g/mol. The molecule has 2 fully saturated rings. The van der Waals surface area contributed by atoms with Gasteiger partial charge in [-0.15, -0.1) is 0 Å². The highest BCUT2D eigenvalue weighted by atomic mass is 16.5. The lowest BCUT2D eigenvalue weighted by Gasteiger charge is -2.35. The van der Waals surface area contributed by atoms with Crippen LogP contribution < -0.4 is 15.5 Å². The number of aromatic nitrogens is 1. The lowest BCUT2D eigenvalue weighted by atomic mass is 10.0. The molecule has 2 atom stereocenters. The van der Waals surface area contributed by atoms with E-state index in [-0.39, 0.29) is 6.10 Å². The van der Waals surface area contributed by atoms with Crippen molar-refractivity contribution in [1.29, 1.82) is 0 Å². The summed E-state index contributed by atoms with van der Waals surface area (Å²) >= 11 is 0. The molecule has 8 nitrogen and oxygen atoms in total. The lowest BCUT2D eigenvalue weighted by molar-refractivity contribution is 0.0132. The van der Waals surface area contributed by atoms with Crippen LogP contribution in [-0.4, -0.2) is 87.1 Å². The monoisotopic (exact) mass is 446 g/mol. The molecule has 0 amide bonds. The Hall–Kier alpha value is -1.90. The second-order valence-corrected chi connectivity index (χ2v) is 9.16. The first-order chi connectivity index (χ1) is 15.5. The van der Waals surface area contributed by atoms with Crippen LogP contribution in [0, 0.1) is 5.92 Å². The minimum absolute atomic E-state index is 0.251. The van der Waals surface area contributed by atoms with E-state index in [0.29, 0.717) is 18.5 Å². The SMILES string of the molecule is CCNC(=NCc1ccc(N2CCOC(C)C2)nc1)NCC(CC(C)C)N1CCOCC1. The third kappa shape index (κ3) is 7.90. The van der Waals surface area contributed by atoms with Crippen LogP contribution in [0.4, 0.5) is 5.82 Å². The molecule has 0 aliphatic carbocycles. The number of anilines is 1. The second kappa shape index (κ2) is 13.0. The first-order valence-electron chi connectivity index (χ1n) is 12.2. The summed E-state index contributed by atoms with van der Waals surface area (Å²) in [6.45, 7) is 17.3. The maximum Gasteiger partial charge on any atom is 0.191 e. The van der Waals surface area contributed by atoms with Gasteiger partial charge in [-0.2, -0.15) is 0 Å². The van der Waals surface area contributed by atoms with Crippen molar-refractivity contribution in [2.45, 2.75) is 52.8 Å². The van der Waals surface area contributed by atoms with E-state index >= 15 is 0 Å². The van der Waals surface area contributed by atoms with E-state index in [1.54, 1.807) is 0 Å². The summed E-state index contributed by atoms with van der Waals surface area (Å²) in [6.07, 6.45) is 3.36. The fourth-order valence-electron chi connectivity index (χ4n) is 4.30. The molecule has 1 aromatic rings. The van der Waals surface area contributed by atoms with Crippen LogP contribution in [0.1, 0.15) is 39.7 Å². The van der Waals surface area contributed by atoms with Gasteiger partial charge in [-0.05, 0) is 37.8 Å². The van der Waals surface area contributed by atoms with Crippen molar-refractivity contribution in [1.82, 2.24) is 20.5 Å². The van der Waals surface area contributed by atoms with Gasteiger partial charge in [0.25, 0.3) is 0 Å². The highest BCUT2D eigenvalue weighted by Gasteiger charge is 2.22. The van der Waals surface area contributed by atoms with Crippen molar-refractivity contribution in [2.75, 3.05) is 64.0 Å². The van der Waals surface area contributed by atoms with Crippen LogP contribution >= 0.6 is 0 Å². The molecular weight excluding hydrogens is 404 g/mol. The predicted molar refractivity (Wildman–Crippen MR) is 130 cm³/mol. The van der Waals surface area contributed by atoms with Crippen molar-refractivity contribution >= 4 is 11.8 Å². The zero-order valence-corrected chi connectivity index (χ0v) is 20.3. The molecule has 2 saturated heterocycles. The van der Waals surface area contributed by atoms with Crippen LogP contribution in [0.5, 0.6) is 0 Å². The molecule has 180 valence electrons. The highest BCUT2D eigenvalue weighted by molar-refractivity contribution is 5.79. The second-order valence-electron chi connectivity index (χ2n) is 9.16. The Morgan fingerprint density at radius 2 is 2.00 bits per heavy atom. The largest absolute Gasteiger partial charge is 0.379 e. The number of ether oxygens (including phenoxy) is 2.